The number of halogens is 2. The van der Waals surface area contributed by atoms with Gasteiger partial charge >= 0.3 is 0 Å². The van der Waals surface area contributed by atoms with Crippen molar-refractivity contribution in [2.45, 2.75) is 18.5 Å². The number of alkyl halides is 1. The van der Waals surface area contributed by atoms with E-state index in [0.29, 0.717) is 18.4 Å². The number of hydrogen-bond acceptors (Lipinski definition) is 1. The van der Waals surface area contributed by atoms with Crippen molar-refractivity contribution >= 4 is 15.9 Å². The SMILES string of the molecule is FC1(c2cncc(Br)c2)CC1. The summed E-state index contributed by atoms with van der Waals surface area (Å²) in [5.41, 5.74) is -0.358. The number of nitrogens with zero attached hydrogens (tertiary/aromatic N) is 1. The van der Waals surface area contributed by atoms with Crippen molar-refractivity contribution in [3.8, 4) is 0 Å². The Balaban J connectivity index is 2.38. The minimum Gasteiger partial charge on any atom is -0.263 e. The van der Waals surface area contributed by atoms with Crippen molar-refractivity contribution in [1.29, 1.82) is 0 Å². The number of rotatable bonds is 1. The lowest BCUT2D eigenvalue weighted by Crippen LogP contribution is -1.97. The molecule has 0 unspecified atom stereocenters. The lowest BCUT2D eigenvalue weighted by atomic mass is 10.2. The first kappa shape index (κ1) is 7.22. The molecule has 0 N–H and O–H groups in total. The summed E-state index contributed by atoms with van der Waals surface area (Å²) in [6, 6.07) is 1.79. The van der Waals surface area contributed by atoms with Crippen LogP contribution in [-0.2, 0) is 5.67 Å². The maximum absolute atomic E-state index is 13.4. The van der Waals surface area contributed by atoms with Gasteiger partial charge in [0, 0.05) is 22.4 Å². The zero-order valence-electron chi connectivity index (χ0n) is 5.85. The molecule has 0 aliphatic heterocycles. The van der Waals surface area contributed by atoms with E-state index in [2.05, 4.69) is 20.9 Å². The van der Waals surface area contributed by atoms with Crippen molar-refractivity contribution in [3.05, 3.63) is 28.5 Å². The smallest absolute Gasteiger partial charge is 0.137 e. The van der Waals surface area contributed by atoms with Crippen LogP contribution < -0.4 is 0 Å². The van der Waals surface area contributed by atoms with Gasteiger partial charge < -0.3 is 0 Å². The van der Waals surface area contributed by atoms with Crippen LogP contribution in [0.4, 0.5) is 4.39 Å². The molecule has 11 heavy (non-hydrogen) atoms. The first-order valence-corrected chi connectivity index (χ1v) is 4.30. The van der Waals surface area contributed by atoms with Gasteiger partial charge in [0.15, 0.2) is 0 Å². The van der Waals surface area contributed by atoms with Gasteiger partial charge in [0.2, 0.25) is 0 Å². The van der Waals surface area contributed by atoms with E-state index in [1.807, 2.05) is 0 Å². The van der Waals surface area contributed by atoms with Crippen molar-refractivity contribution < 1.29 is 4.39 Å². The molecule has 1 aliphatic carbocycles. The van der Waals surface area contributed by atoms with Crippen LogP contribution in [0, 0.1) is 0 Å². The summed E-state index contributed by atoms with van der Waals surface area (Å²) < 4.78 is 14.2. The molecule has 3 heteroatoms. The van der Waals surface area contributed by atoms with E-state index < -0.39 is 5.67 Å². The van der Waals surface area contributed by atoms with Crippen LogP contribution >= 0.6 is 15.9 Å². The third-order valence-corrected chi connectivity index (χ3v) is 2.34. The zero-order chi connectivity index (χ0) is 7.90. The van der Waals surface area contributed by atoms with Crippen LogP contribution in [0.3, 0.4) is 0 Å². The summed E-state index contributed by atoms with van der Waals surface area (Å²) in [5, 5.41) is 0. The average Bonchev–Trinajstić information content (AvgIpc) is 2.70. The van der Waals surface area contributed by atoms with E-state index in [-0.39, 0.29) is 0 Å². The van der Waals surface area contributed by atoms with E-state index >= 15 is 0 Å². The molecule has 0 amide bonds. The van der Waals surface area contributed by atoms with Gasteiger partial charge in [0.25, 0.3) is 0 Å². The Morgan fingerprint density at radius 2 is 2.18 bits per heavy atom. The average molecular weight is 216 g/mol. The van der Waals surface area contributed by atoms with Gasteiger partial charge in [0.1, 0.15) is 5.67 Å². The Morgan fingerprint density at radius 3 is 2.73 bits per heavy atom. The van der Waals surface area contributed by atoms with Gasteiger partial charge in [-0.3, -0.25) is 4.98 Å². The van der Waals surface area contributed by atoms with Crippen LogP contribution in [-0.4, -0.2) is 4.98 Å². The molecule has 0 atom stereocenters. The highest BCUT2D eigenvalue weighted by Crippen LogP contribution is 2.49. The van der Waals surface area contributed by atoms with Gasteiger partial charge in [-0.15, -0.1) is 0 Å². The van der Waals surface area contributed by atoms with Crippen LogP contribution in [0.2, 0.25) is 0 Å². The molecule has 1 aromatic rings. The Hall–Kier alpha value is -0.440. The maximum atomic E-state index is 13.4. The van der Waals surface area contributed by atoms with E-state index in [1.165, 1.54) is 0 Å². The van der Waals surface area contributed by atoms with Crippen LogP contribution in [0.1, 0.15) is 18.4 Å². The molecule has 1 nitrogen and oxygen atoms in total. The van der Waals surface area contributed by atoms with Gasteiger partial charge in [-0.1, -0.05) is 0 Å². The Bertz CT molecular complexity index is 283. The van der Waals surface area contributed by atoms with Crippen LogP contribution in [0.25, 0.3) is 0 Å². The highest BCUT2D eigenvalue weighted by atomic mass is 79.9. The molecule has 0 bridgehead atoms. The zero-order valence-corrected chi connectivity index (χ0v) is 7.44. The maximum Gasteiger partial charge on any atom is 0.137 e. The summed E-state index contributed by atoms with van der Waals surface area (Å²) in [6.07, 6.45) is 4.54. The van der Waals surface area contributed by atoms with Crippen LogP contribution in [0.15, 0.2) is 22.9 Å². The summed E-state index contributed by atoms with van der Waals surface area (Å²) >= 11 is 3.25. The normalized spacial score (nSPS) is 19.8. The first-order chi connectivity index (χ1) is 5.21. The van der Waals surface area contributed by atoms with Gasteiger partial charge in [-0.25, -0.2) is 4.39 Å². The predicted molar refractivity (Wildman–Crippen MR) is 44.0 cm³/mol. The molecule has 0 saturated heterocycles. The van der Waals surface area contributed by atoms with Gasteiger partial charge in [-0.2, -0.15) is 0 Å². The number of hydrogen-bond donors (Lipinski definition) is 0. The fourth-order valence-corrected chi connectivity index (χ4v) is 1.42. The van der Waals surface area contributed by atoms with E-state index in [9.17, 15) is 4.39 Å². The highest BCUT2D eigenvalue weighted by Gasteiger charge is 2.45. The number of aromatic nitrogens is 1. The molecule has 1 heterocycles. The topological polar surface area (TPSA) is 12.9 Å². The molecule has 0 radical (unpaired) electrons. The van der Waals surface area contributed by atoms with Crippen molar-refractivity contribution in [2.24, 2.45) is 0 Å². The summed E-state index contributed by atoms with van der Waals surface area (Å²) in [5.74, 6) is 0. The second kappa shape index (κ2) is 2.27. The molecule has 1 saturated carbocycles. The Kier molecular flexibility index (Phi) is 1.49. The van der Waals surface area contributed by atoms with Gasteiger partial charge in [-0.05, 0) is 34.8 Å². The summed E-state index contributed by atoms with van der Waals surface area (Å²) in [7, 11) is 0. The van der Waals surface area contributed by atoms with Gasteiger partial charge in [0.05, 0.1) is 0 Å². The quantitative estimate of drug-likeness (QED) is 0.703. The van der Waals surface area contributed by atoms with Crippen molar-refractivity contribution in [3.63, 3.8) is 0 Å². The molecule has 1 aliphatic rings. The number of pyridine rings is 1. The van der Waals surface area contributed by atoms with E-state index in [1.54, 1.807) is 18.5 Å². The largest absolute Gasteiger partial charge is 0.263 e. The standard InChI is InChI=1S/C8H7BrFN/c9-7-3-6(4-11-5-7)8(10)1-2-8/h3-5H,1-2H2. The second-order valence-electron chi connectivity index (χ2n) is 2.86. The minimum atomic E-state index is -1.06. The molecule has 1 fully saturated rings. The molecular weight excluding hydrogens is 209 g/mol. The fraction of sp³-hybridized carbons (Fsp3) is 0.375. The minimum absolute atomic E-state index is 0.644. The molecule has 1 aromatic heterocycles. The highest BCUT2D eigenvalue weighted by molar-refractivity contribution is 9.10. The predicted octanol–water partition coefficient (Wildman–Crippen LogP) is 2.80. The molecule has 0 aromatic carbocycles. The van der Waals surface area contributed by atoms with E-state index in [4.69, 9.17) is 0 Å². The summed E-state index contributed by atoms with van der Waals surface area (Å²) in [6.45, 7) is 0. The summed E-state index contributed by atoms with van der Waals surface area (Å²) in [4.78, 5) is 3.90. The van der Waals surface area contributed by atoms with Crippen LogP contribution in [0.5, 0.6) is 0 Å². The Labute approximate surface area is 72.8 Å². The fourth-order valence-electron chi connectivity index (χ4n) is 1.06. The second-order valence-corrected chi connectivity index (χ2v) is 3.77. The van der Waals surface area contributed by atoms with E-state index in [0.717, 1.165) is 4.47 Å². The van der Waals surface area contributed by atoms with Crippen molar-refractivity contribution in [2.75, 3.05) is 0 Å². The third-order valence-electron chi connectivity index (χ3n) is 1.91. The molecule has 0 spiro atoms. The lowest BCUT2D eigenvalue weighted by Gasteiger charge is -2.03. The Morgan fingerprint density at radius 1 is 1.45 bits per heavy atom. The molecular formula is C8H7BrFN. The van der Waals surface area contributed by atoms with Crippen molar-refractivity contribution in [1.82, 2.24) is 4.98 Å². The third kappa shape index (κ3) is 1.29. The first-order valence-electron chi connectivity index (χ1n) is 3.51. The molecule has 2 rings (SSSR count). The lowest BCUT2D eigenvalue weighted by molar-refractivity contribution is 0.316. The molecule has 58 valence electrons. The monoisotopic (exact) mass is 215 g/mol.